The number of anilines is 1. The van der Waals surface area contributed by atoms with Crippen molar-refractivity contribution in [3.05, 3.63) is 12.3 Å². The molecule has 0 saturated heterocycles. The molecule has 0 spiro atoms. The summed E-state index contributed by atoms with van der Waals surface area (Å²) in [6.07, 6.45) is 4.90. The number of carbonyl (C=O) groups excluding carboxylic acids is 2. The maximum Gasteiger partial charge on any atom is 0.245 e. The Morgan fingerprint density at radius 1 is 1.38 bits per heavy atom. The van der Waals surface area contributed by atoms with E-state index in [1.165, 1.54) is 6.26 Å². The second kappa shape index (κ2) is 9.15. The molecule has 0 atom stereocenters. The molecule has 118 valence electrons. The van der Waals surface area contributed by atoms with Crippen molar-refractivity contribution < 1.29 is 14.1 Å². The fraction of sp³-hybridized carbons (Fsp3) is 0.667. The lowest BCUT2D eigenvalue weighted by Gasteiger charge is -2.22. The van der Waals surface area contributed by atoms with Crippen LogP contribution >= 0.6 is 0 Å². The smallest absolute Gasteiger partial charge is 0.245 e. The first kappa shape index (κ1) is 17.2. The first-order chi connectivity index (χ1) is 10.0. The Morgan fingerprint density at radius 2 is 2.14 bits per heavy atom. The van der Waals surface area contributed by atoms with Crippen LogP contribution in [0.3, 0.4) is 0 Å². The van der Waals surface area contributed by atoms with Crippen molar-refractivity contribution in [1.82, 2.24) is 10.1 Å². The number of nitrogens with one attached hydrogen (secondary N) is 1. The summed E-state index contributed by atoms with van der Waals surface area (Å²) in [6.45, 7) is 6.78. The molecule has 0 fully saturated rings. The highest BCUT2D eigenvalue weighted by molar-refractivity contribution is 5.93. The second-order valence-electron chi connectivity index (χ2n) is 5.55. The molecule has 2 amide bonds. The summed E-state index contributed by atoms with van der Waals surface area (Å²) in [7, 11) is 0. The molecule has 0 bridgehead atoms. The molecule has 1 aromatic rings. The fourth-order valence-corrected chi connectivity index (χ4v) is 1.96. The van der Waals surface area contributed by atoms with Crippen molar-refractivity contribution >= 4 is 17.6 Å². The summed E-state index contributed by atoms with van der Waals surface area (Å²) in [5.41, 5.74) is 0. The minimum Gasteiger partial charge on any atom is -0.363 e. The third-order valence-corrected chi connectivity index (χ3v) is 3.01. The summed E-state index contributed by atoms with van der Waals surface area (Å²) in [4.78, 5) is 25.8. The lowest BCUT2D eigenvalue weighted by Crippen LogP contribution is -2.39. The Bertz CT molecular complexity index is 429. The van der Waals surface area contributed by atoms with E-state index < -0.39 is 0 Å². The van der Waals surface area contributed by atoms with Gasteiger partial charge in [0.05, 0.1) is 6.54 Å². The number of hydrogen-bond acceptors (Lipinski definition) is 4. The summed E-state index contributed by atoms with van der Waals surface area (Å²) in [6, 6.07) is 1.56. The van der Waals surface area contributed by atoms with Gasteiger partial charge >= 0.3 is 0 Å². The van der Waals surface area contributed by atoms with Gasteiger partial charge in [0.1, 0.15) is 6.26 Å². The minimum atomic E-state index is -0.252. The molecule has 1 rings (SSSR count). The average Bonchev–Trinajstić information content (AvgIpc) is 2.89. The van der Waals surface area contributed by atoms with Gasteiger partial charge in [0.2, 0.25) is 11.8 Å². The normalized spacial score (nSPS) is 10.7. The molecule has 6 nitrogen and oxygen atoms in total. The third-order valence-electron chi connectivity index (χ3n) is 3.01. The van der Waals surface area contributed by atoms with Crippen LogP contribution in [0.4, 0.5) is 5.82 Å². The molecule has 0 aromatic carbocycles. The summed E-state index contributed by atoms with van der Waals surface area (Å²) < 4.78 is 4.65. The summed E-state index contributed by atoms with van der Waals surface area (Å²) in [5, 5.41) is 6.24. The Morgan fingerprint density at radius 3 is 2.71 bits per heavy atom. The molecule has 0 aliphatic rings. The van der Waals surface area contributed by atoms with E-state index in [2.05, 4.69) is 21.9 Å². The van der Waals surface area contributed by atoms with Crippen molar-refractivity contribution in [2.75, 3.05) is 18.4 Å². The van der Waals surface area contributed by atoms with Gasteiger partial charge in [0.15, 0.2) is 5.82 Å². The Balaban J connectivity index is 2.53. The van der Waals surface area contributed by atoms with Gasteiger partial charge in [-0.1, -0.05) is 38.8 Å². The van der Waals surface area contributed by atoms with Crippen LogP contribution in [0.25, 0.3) is 0 Å². The largest absolute Gasteiger partial charge is 0.363 e. The monoisotopic (exact) mass is 295 g/mol. The van der Waals surface area contributed by atoms with E-state index in [0.29, 0.717) is 18.8 Å². The maximum absolute atomic E-state index is 12.2. The van der Waals surface area contributed by atoms with Crippen LogP contribution in [0.1, 0.15) is 46.5 Å². The highest BCUT2D eigenvalue weighted by Crippen LogP contribution is 2.08. The molecular weight excluding hydrogens is 270 g/mol. The number of unbranched alkanes of at least 4 members (excludes halogenated alkanes) is 2. The van der Waals surface area contributed by atoms with Crippen LogP contribution in [0.15, 0.2) is 16.9 Å². The number of rotatable bonds is 9. The zero-order valence-electron chi connectivity index (χ0n) is 13.1. The molecule has 1 N–H and O–H groups in total. The highest BCUT2D eigenvalue weighted by Gasteiger charge is 2.18. The Kier molecular flexibility index (Phi) is 7.50. The Labute approximate surface area is 125 Å². The van der Waals surface area contributed by atoms with Crippen LogP contribution in [-0.4, -0.2) is 35.0 Å². The zero-order chi connectivity index (χ0) is 15.7. The van der Waals surface area contributed by atoms with Gasteiger partial charge in [0.25, 0.3) is 0 Å². The second-order valence-corrected chi connectivity index (χ2v) is 5.55. The van der Waals surface area contributed by atoms with Crippen molar-refractivity contribution in [3.63, 3.8) is 0 Å². The van der Waals surface area contributed by atoms with Gasteiger partial charge in [-0.3, -0.25) is 9.59 Å². The van der Waals surface area contributed by atoms with Crippen LogP contribution in [0.5, 0.6) is 0 Å². The fourth-order valence-electron chi connectivity index (χ4n) is 1.96. The lowest BCUT2D eigenvalue weighted by atomic mass is 10.1. The van der Waals surface area contributed by atoms with Gasteiger partial charge in [-0.25, -0.2) is 0 Å². The molecule has 0 unspecified atom stereocenters. The predicted octanol–water partition coefficient (Wildman–Crippen LogP) is 2.68. The van der Waals surface area contributed by atoms with Crippen LogP contribution < -0.4 is 5.32 Å². The lowest BCUT2D eigenvalue weighted by molar-refractivity contribution is -0.135. The van der Waals surface area contributed by atoms with Crippen LogP contribution in [0.2, 0.25) is 0 Å². The van der Waals surface area contributed by atoms with E-state index in [1.54, 1.807) is 11.0 Å². The minimum absolute atomic E-state index is 0.0244. The van der Waals surface area contributed by atoms with E-state index in [4.69, 9.17) is 0 Å². The van der Waals surface area contributed by atoms with E-state index in [-0.39, 0.29) is 24.3 Å². The molecule has 0 aliphatic heterocycles. The SMILES string of the molecule is CCCCCN(CC(=O)Nc1ccon1)C(=O)CC(C)C. The molecule has 6 heteroatoms. The molecule has 0 saturated carbocycles. The number of aromatic nitrogens is 1. The number of hydrogen-bond donors (Lipinski definition) is 1. The molecule has 1 heterocycles. The molecular formula is C15H25N3O3. The first-order valence-corrected chi connectivity index (χ1v) is 7.51. The standard InChI is InChI=1S/C15H25N3O3/c1-4-5-6-8-18(15(20)10-12(2)3)11-14(19)16-13-7-9-21-17-13/h7,9,12H,4-6,8,10-11H2,1-3H3,(H,16,17,19). The third kappa shape index (κ3) is 6.92. The number of amides is 2. The van der Waals surface area contributed by atoms with Crippen molar-refractivity contribution in [1.29, 1.82) is 0 Å². The Hall–Kier alpha value is -1.85. The van der Waals surface area contributed by atoms with Crippen molar-refractivity contribution in [2.45, 2.75) is 46.5 Å². The van der Waals surface area contributed by atoms with Gasteiger partial charge in [0, 0.05) is 19.0 Å². The highest BCUT2D eigenvalue weighted by atomic mass is 16.5. The van der Waals surface area contributed by atoms with E-state index in [1.807, 2.05) is 13.8 Å². The van der Waals surface area contributed by atoms with Crippen LogP contribution in [-0.2, 0) is 9.59 Å². The first-order valence-electron chi connectivity index (χ1n) is 7.51. The summed E-state index contributed by atoms with van der Waals surface area (Å²) >= 11 is 0. The van der Waals surface area contributed by atoms with Crippen molar-refractivity contribution in [3.8, 4) is 0 Å². The van der Waals surface area contributed by atoms with Crippen molar-refractivity contribution in [2.24, 2.45) is 5.92 Å². The molecule has 0 aliphatic carbocycles. The van der Waals surface area contributed by atoms with Gasteiger partial charge in [-0.15, -0.1) is 0 Å². The van der Waals surface area contributed by atoms with E-state index >= 15 is 0 Å². The number of carbonyl (C=O) groups is 2. The molecule has 21 heavy (non-hydrogen) atoms. The van der Waals surface area contributed by atoms with Crippen LogP contribution in [0, 0.1) is 5.92 Å². The molecule has 1 aromatic heterocycles. The van der Waals surface area contributed by atoms with E-state index in [0.717, 1.165) is 19.3 Å². The quantitative estimate of drug-likeness (QED) is 0.711. The predicted molar refractivity (Wildman–Crippen MR) is 80.7 cm³/mol. The zero-order valence-corrected chi connectivity index (χ0v) is 13.1. The number of nitrogens with zero attached hydrogens (tertiary/aromatic N) is 2. The van der Waals surface area contributed by atoms with Gasteiger partial charge in [-0.05, 0) is 12.3 Å². The van der Waals surface area contributed by atoms with Gasteiger partial charge < -0.3 is 14.7 Å². The average molecular weight is 295 g/mol. The topological polar surface area (TPSA) is 75.4 Å². The van der Waals surface area contributed by atoms with E-state index in [9.17, 15) is 9.59 Å². The summed E-state index contributed by atoms with van der Waals surface area (Å²) in [5.74, 6) is 0.420. The molecule has 0 radical (unpaired) electrons. The van der Waals surface area contributed by atoms with Gasteiger partial charge in [-0.2, -0.15) is 0 Å². The maximum atomic E-state index is 12.2.